The van der Waals surface area contributed by atoms with E-state index in [9.17, 15) is 14.0 Å². The first-order valence-corrected chi connectivity index (χ1v) is 9.63. The fourth-order valence-electron chi connectivity index (χ4n) is 2.39. The number of halogens is 1. The van der Waals surface area contributed by atoms with Crippen LogP contribution in [-0.4, -0.2) is 50.1 Å². The van der Waals surface area contributed by atoms with Gasteiger partial charge in [0.05, 0.1) is 19.7 Å². The lowest BCUT2D eigenvalue weighted by molar-refractivity contribution is -0.129. The van der Waals surface area contributed by atoms with Gasteiger partial charge in [0.1, 0.15) is 23.9 Å². The average Bonchev–Trinajstić information content (AvgIpc) is 2.73. The molecule has 0 atom stereocenters. The van der Waals surface area contributed by atoms with Gasteiger partial charge in [-0.1, -0.05) is 13.3 Å². The van der Waals surface area contributed by atoms with E-state index in [-0.39, 0.29) is 30.8 Å². The number of nitrogens with one attached hydrogen (secondary N) is 1. The van der Waals surface area contributed by atoms with Gasteiger partial charge in [0.25, 0.3) is 5.91 Å². The number of benzene rings is 2. The van der Waals surface area contributed by atoms with Crippen molar-refractivity contribution in [1.29, 1.82) is 0 Å². The van der Waals surface area contributed by atoms with E-state index in [0.29, 0.717) is 30.2 Å². The maximum atomic E-state index is 12.8. The highest BCUT2D eigenvalue weighted by molar-refractivity contribution is 5.96. The van der Waals surface area contributed by atoms with Crippen LogP contribution in [0.25, 0.3) is 0 Å². The Labute approximate surface area is 170 Å². The van der Waals surface area contributed by atoms with Gasteiger partial charge < -0.3 is 19.7 Å². The molecule has 2 amide bonds. The Bertz CT molecular complexity index is 778. The smallest absolute Gasteiger partial charge is 0.251 e. The second-order valence-electron chi connectivity index (χ2n) is 6.53. The highest BCUT2D eigenvalue weighted by Crippen LogP contribution is 2.13. The van der Waals surface area contributed by atoms with Crippen LogP contribution in [0.5, 0.6) is 11.5 Å². The van der Waals surface area contributed by atoms with E-state index in [1.807, 2.05) is 0 Å². The Hall–Kier alpha value is -3.09. The van der Waals surface area contributed by atoms with Gasteiger partial charge in [-0.25, -0.2) is 4.39 Å². The monoisotopic (exact) mass is 402 g/mol. The second-order valence-corrected chi connectivity index (χ2v) is 6.53. The average molecular weight is 402 g/mol. The summed E-state index contributed by atoms with van der Waals surface area (Å²) in [6, 6.07) is 12.5. The van der Waals surface area contributed by atoms with Crippen molar-refractivity contribution in [2.24, 2.45) is 0 Å². The lowest BCUT2D eigenvalue weighted by Gasteiger charge is -2.18. The number of carbonyl (C=O) groups excluding carboxylic acids is 2. The molecule has 1 N–H and O–H groups in total. The minimum Gasteiger partial charge on any atom is -0.494 e. The molecule has 6 nitrogen and oxygen atoms in total. The summed E-state index contributed by atoms with van der Waals surface area (Å²) >= 11 is 0. The zero-order valence-corrected chi connectivity index (χ0v) is 16.8. The molecule has 2 rings (SSSR count). The van der Waals surface area contributed by atoms with Crippen LogP contribution in [0.4, 0.5) is 4.39 Å². The van der Waals surface area contributed by atoms with Crippen molar-refractivity contribution in [1.82, 2.24) is 10.2 Å². The number of unbranched alkanes of at least 4 members (excludes halogenated alkanes) is 1. The van der Waals surface area contributed by atoms with Gasteiger partial charge in [0.2, 0.25) is 5.91 Å². The highest BCUT2D eigenvalue weighted by atomic mass is 19.1. The summed E-state index contributed by atoms with van der Waals surface area (Å²) in [5.41, 5.74) is 0.461. The van der Waals surface area contributed by atoms with E-state index < -0.39 is 0 Å². The summed E-state index contributed by atoms with van der Waals surface area (Å²) in [5, 5.41) is 2.61. The van der Waals surface area contributed by atoms with E-state index in [0.717, 1.165) is 12.8 Å². The molecule has 0 fully saturated rings. The third-order valence-electron chi connectivity index (χ3n) is 4.22. The van der Waals surface area contributed by atoms with Gasteiger partial charge >= 0.3 is 0 Å². The Balaban J connectivity index is 1.70. The van der Waals surface area contributed by atoms with E-state index in [4.69, 9.17) is 9.47 Å². The third kappa shape index (κ3) is 7.81. The number of carbonyl (C=O) groups is 2. The molecule has 2 aromatic carbocycles. The fourth-order valence-corrected chi connectivity index (χ4v) is 2.39. The normalized spacial score (nSPS) is 10.3. The topological polar surface area (TPSA) is 67.9 Å². The van der Waals surface area contributed by atoms with Gasteiger partial charge in [0, 0.05) is 12.6 Å². The Morgan fingerprint density at radius 2 is 1.55 bits per heavy atom. The van der Waals surface area contributed by atoms with Crippen LogP contribution in [-0.2, 0) is 4.79 Å². The molecule has 0 aliphatic carbocycles. The first-order valence-electron chi connectivity index (χ1n) is 9.63. The minimum absolute atomic E-state index is 0.110. The minimum atomic E-state index is -0.334. The van der Waals surface area contributed by atoms with Crippen molar-refractivity contribution >= 4 is 11.8 Å². The van der Waals surface area contributed by atoms with Crippen molar-refractivity contribution in [2.45, 2.75) is 19.8 Å². The second kappa shape index (κ2) is 11.7. The quantitative estimate of drug-likeness (QED) is 0.586. The predicted molar refractivity (Wildman–Crippen MR) is 109 cm³/mol. The van der Waals surface area contributed by atoms with Crippen molar-refractivity contribution < 1.29 is 23.5 Å². The Morgan fingerprint density at radius 3 is 2.17 bits per heavy atom. The van der Waals surface area contributed by atoms with Gasteiger partial charge in [-0.15, -0.1) is 0 Å². The van der Waals surface area contributed by atoms with Crippen LogP contribution in [0.1, 0.15) is 30.1 Å². The Kier molecular flexibility index (Phi) is 8.95. The first kappa shape index (κ1) is 22.2. The van der Waals surface area contributed by atoms with Crippen molar-refractivity contribution in [3.05, 3.63) is 59.9 Å². The molecule has 0 spiro atoms. The number of ether oxygens (including phenoxy) is 2. The standard InChI is InChI=1S/C22H27FN2O4/c1-3-4-14-28-19-9-5-17(6-10-19)22(27)24-16-21(26)25(2)13-15-29-20-11-7-18(23)8-12-20/h5-12H,3-4,13-16H2,1-2H3,(H,24,27). The SMILES string of the molecule is CCCCOc1ccc(C(=O)NCC(=O)N(C)CCOc2ccc(F)cc2)cc1. The highest BCUT2D eigenvalue weighted by Gasteiger charge is 2.12. The number of amides is 2. The Morgan fingerprint density at radius 1 is 0.966 bits per heavy atom. The first-order chi connectivity index (χ1) is 14.0. The van der Waals surface area contributed by atoms with Crippen LogP contribution >= 0.6 is 0 Å². The number of rotatable bonds is 11. The van der Waals surface area contributed by atoms with E-state index in [2.05, 4.69) is 12.2 Å². The zero-order valence-electron chi connectivity index (χ0n) is 16.8. The van der Waals surface area contributed by atoms with E-state index >= 15 is 0 Å². The largest absolute Gasteiger partial charge is 0.494 e. The van der Waals surface area contributed by atoms with Crippen molar-refractivity contribution in [3.8, 4) is 11.5 Å². The number of likely N-dealkylation sites (N-methyl/N-ethyl adjacent to an activating group) is 1. The molecule has 0 unspecified atom stereocenters. The molecule has 0 aliphatic rings. The summed E-state index contributed by atoms with van der Waals surface area (Å²) in [5.74, 6) is 0.351. The molecule has 156 valence electrons. The van der Waals surface area contributed by atoms with Crippen LogP contribution in [0.2, 0.25) is 0 Å². The zero-order chi connectivity index (χ0) is 21.1. The molecule has 2 aromatic rings. The van der Waals surface area contributed by atoms with Gasteiger partial charge in [-0.05, 0) is 55.0 Å². The number of nitrogens with zero attached hydrogens (tertiary/aromatic N) is 1. The molecule has 0 bridgehead atoms. The summed E-state index contributed by atoms with van der Waals surface area (Å²) in [6.07, 6.45) is 2.04. The molecule has 7 heteroatoms. The lowest BCUT2D eigenvalue weighted by Crippen LogP contribution is -2.39. The molecule has 0 saturated carbocycles. The lowest BCUT2D eigenvalue weighted by atomic mass is 10.2. The summed E-state index contributed by atoms with van der Waals surface area (Å²) in [4.78, 5) is 25.8. The molecule has 0 aromatic heterocycles. The molecule has 29 heavy (non-hydrogen) atoms. The van der Waals surface area contributed by atoms with Gasteiger partial charge in [-0.2, -0.15) is 0 Å². The van der Waals surface area contributed by atoms with Crippen LogP contribution in [0, 0.1) is 5.82 Å². The van der Waals surface area contributed by atoms with Crippen LogP contribution in [0.3, 0.4) is 0 Å². The summed E-state index contributed by atoms with van der Waals surface area (Å²) < 4.78 is 23.9. The molecular weight excluding hydrogens is 375 g/mol. The molecule has 0 heterocycles. The molecule has 0 radical (unpaired) electrons. The van der Waals surface area contributed by atoms with E-state index in [1.54, 1.807) is 31.3 Å². The molecule has 0 saturated heterocycles. The number of hydrogen-bond donors (Lipinski definition) is 1. The molecule has 0 aliphatic heterocycles. The molecular formula is C22H27FN2O4. The van der Waals surface area contributed by atoms with Crippen molar-refractivity contribution in [3.63, 3.8) is 0 Å². The maximum absolute atomic E-state index is 12.8. The maximum Gasteiger partial charge on any atom is 0.251 e. The van der Waals surface area contributed by atoms with Crippen molar-refractivity contribution in [2.75, 3.05) is 33.4 Å². The van der Waals surface area contributed by atoms with E-state index in [1.165, 1.54) is 29.2 Å². The van der Waals surface area contributed by atoms with Crippen LogP contribution in [0.15, 0.2) is 48.5 Å². The van der Waals surface area contributed by atoms with Gasteiger partial charge in [-0.3, -0.25) is 9.59 Å². The summed E-state index contributed by atoms with van der Waals surface area (Å²) in [7, 11) is 1.63. The fraction of sp³-hybridized carbons (Fsp3) is 0.364. The summed E-state index contributed by atoms with van der Waals surface area (Å²) in [6.45, 7) is 3.24. The predicted octanol–water partition coefficient (Wildman–Crippen LogP) is 3.27. The number of hydrogen-bond acceptors (Lipinski definition) is 4. The third-order valence-corrected chi connectivity index (χ3v) is 4.22. The van der Waals surface area contributed by atoms with Crippen LogP contribution < -0.4 is 14.8 Å². The van der Waals surface area contributed by atoms with Gasteiger partial charge in [0.15, 0.2) is 0 Å².